The van der Waals surface area contributed by atoms with Gasteiger partial charge < -0.3 is 10.4 Å². The zero-order valence-corrected chi connectivity index (χ0v) is 8.27. The van der Waals surface area contributed by atoms with Gasteiger partial charge in [0.15, 0.2) is 0 Å². The summed E-state index contributed by atoms with van der Waals surface area (Å²) < 4.78 is 0. The fraction of sp³-hybridized carbons (Fsp3) is 0.875. The van der Waals surface area contributed by atoms with E-state index in [1.165, 1.54) is 0 Å². The molecular formula is C8H21NO2. The van der Waals surface area contributed by atoms with Gasteiger partial charge in [0, 0.05) is 6.61 Å². The van der Waals surface area contributed by atoms with Crippen molar-refractivity contribution in [3.63, 3.8) is 0 Å². The van der Waals surface area contributed by atoms with Crippen LogP contribution in [0.3, 0.4) is 0 Å². The summed E-state index contributed by atoms with van der Waals surface area (Å²) in [5, 5.41) is 10.3. The minimum Gasteiger partial charge on any atom is -0.397 e. The number of aliphatic hydroxyl groups excluding tert-OH is 1. The normalized spacial score (nSPS) is 6.73. The zero-order valence-electron chi connectivity index (χ0n) is 8.27. The van der Waals surface area contributed by atoms with Gasteiger partial charge in [-0.25, -0.2) is 0 Å². The van der Waals surface area contributed by atoms with E-state index in [0.29, 0.717) is 6.54 Å². The molecule has 0 unspecified atom stereocenters. The van der Waals surface area contributed by atoms with Crippen LogP contribution in [0.15, 0.2) is 0 Å². The van der Waals surface area contributed by atoms with Crippen LogP contribution in [0, 0.1) is 0 Å². The molecule has 0 aromatic heterocycles. The quantitative estimate of drug-likeness (QED) is 0.633. The third-order valence-corrected chi connectivity index (χ3v) is 0.426. The molecule has 0 heterocycles. The van der Waals surface area contributed by atoms with Gasteiger partial charge in [-0.1, -0.05) is 13.8 Å². The van der Waals surface area contributed by atoms with Crippen molar-refractivity contribution in [3.05, 3.63) is 0 Å². The zero-order chi connectivity index (χ0) is 9.70. The van der Waals surface area contributed by atoms with Crippen LogP contribution in [-0.4, -0.2) is 31.1 Å². The van der Waals surface area contributed by atoms with Crippen molar-refractivity contribution in [3.8, 4) is 0 Å². The van der Waals surface area contributed by atoms with E-state index in [9.17, 15) is 4.79 Å². The number of likely N-dealkylation sites (N-methyl/N-ethyl adjacent to an activating group) is 1. The maximum atomic E-state index is 9.98. The van der Waals surface area contributed by atoms with Gasteiger partial charge in [-0.3, -0.25) is 4.79 Å². The highest BCUT2D eigenvalue weighted by atomic mass is 16.2. The van der Waals surface area contributed by atoms with E-state index in [1.54, 1.807) is 20.9 Å². The Morgan fingerprint density at radius 3 is 1.73 bits per heavy atom. The lowest BCUT2D eigenvalue weighted by Crippen LogP contribution is -2.14. The Kier molecular flexibility index (Phi) is 34.8. The van der Waals surface area contributed by atoms with Gasteiger partial charge in [0.1, 0.15) is 5.78 Å². The van der Waals surface area contributed by atoms with Gasteiger partial charge >= 0.3 is 0 Å². The number of rotatable bonds is 2. The maximum absolute atomic E-state index is 9.98. The van der Waals surface area contributed by atoms with E-state index in [1.807, 2.05) is 13.8 Å². The molecule has 0 aromatic carbocycles. The number of nitrogens with one attached hydrogen (secondary N) is 1. The van der Waals surface area contributed by atoms with Gasteiger partial charge in [0.05, 0.1) is 6.54 Å². The van der Waals surface area contributed by atoms with Gasteiger partial charge in [-0.2, -0.15) is 0 Å². The number of hydrogen-bond donors (Lipinski definition) is 2. The largest absolute Gasteiger partial charge is 0.397 e. The second-order valence-corrected chi connectivity index (χ2v) is 1.55. The van der Waals surface area contributed by atoms with E-state index < -0.39 is 0 Å². The first kappa shape index (κ1) is 16.9. The highest BCUT2D eigenvalue weighted by Gasteiger charge is 1.82. The SMILES string of the molecule is CC.CCO.CNCC(C)=O. The maximum Gasteiger partial charge on any atom is 0.143 e. The lowest BCUT2D eigenvalue weighted by atomic mass is 10.5. The average Bonchev–Trinajstić information content (AvgIpc) is 1.93. The molecule has 3 heteroatoms. The first-order valence-electron chi connectivity index (χ1n) is 3.93. The molecule has 0 radical (unpaired) electrons. The van der Waals surface area contributed by atoms with Crippen LogP contribution in [0.5, 0.6) is 0 Å². The topological polar surface area (TPSA) is 49.3 Å². The number of Topliss-reactive ketones (excluding diaryl/α,β-unsaturated/α-hetero) is 1. The van der Waals surface area contributed by atoms with Crippen LogP contribution in [-0.2, 0) is 4.79 Å². The molecule has 0 saturated heterocycles. The summed E-state index contributed by atoms with van der Waals surface area (Å²) in [5.41, 5.74) is 0. The first-order chi connectivity index (χ1) is 5.18. The van der Waals surface area contributed by atoms with Crippen molar-refractivity contribution in [1.82, 2.24) is 5.32 Å². The lowest BCUT2D eigenvalue weighted by Gasteiger charge is -1.85. The third kappa shape index (κ3) is 82.4. The fourth-order valence-electron chi connectivity index (χ4n) is 0.249. The lowest BCUT2D eigenvalue weighted by molar-refractivity contribution is -0.116. The molecule has 3 nitrogen and oxygen atoms in total. The van der Waals surface area contributed by atoms with Crippen LogP contribution in [0.1, 0.15) is 27.7 Å². The second-order valence-electron chi connectivity index (χ2n) is 1.55. The Balaban J connectivity index is -0.000000109. The van der Waals surface area contributed by atoms with Crippen LogP contribution < -0.4 is 5.32 Å². The molecule has 0 bridgehead atoms. The van der Waals surface area contributed by atoms with E-state index in [0.717, 1.165) is 0 Å². The summed E-state index contributed by atoms with van der Waals surface area (Å²) in [6, 6.07) is 0. The van der Waals surface area contributed by atoms with Gasteiger partial charge in [0.2, 0.25) is 0 Å². The smallest absolute Gasteiger partial charge is 0.143 e. The summed E-state index contributed by atoms with van der Waals surface area (Å²) >= 11 is 0. The molecule has 0 atom stereocenters. The predicted octanol–water partition coefficient (Wildman–Crippen LogP) is 0.820. The molecule has 2 N–H and O–H groups in total. The van der Waals surface area contributed by atoms with Crippen molar-refractivity contribution in [1.29, 1.82) is 0 Å². The van der Waals surface area contributed by atoms with Crippen LogP contribution in [0.25, 0.3) is 0 Å². The number of ketones is 1. The molecule has 70 valence electrons. The van der Waals surface area contributed by atoms with Crippen molar-refractivity contribution in [2.24, 2.45) is 0 Å². The van der Waals surface area contributed by atoms with E-state index in [2.05, 4.69) is 5.32 Å². The minimum atomic E-state index is 0.178. The molecule has 0 aliphatic heterocycles. The molecular weight excluding hydrogens is 142 g/mol. The summed E-state index contributed by atoms with van der Waals surface area (Å²) in [7, 11) is 1.75. The van der Waals surface area contributed by atoms with E-state index >= 15 is 0 Å². The standard InChI is InChI=1S/C4H9NO.C2H6O.C2H6/c1-4(6)3-5-2;1-2-3;1-2/h5H,3H2,1-2H3;3H,2H2,1H3;1-2H3. The predicted molar refractivity (Wildman–Crippen MR) is 48.7 cm³/mol. The Hall–Kier alpha value is -0.410. The van der Waals surface area contributed by atoms with Crippen LogP contribution in [0.4, 0.5) is 0 Å². The van der Waals surface area contributed by atoms with Gasteiger partial charge in [0.25, 0.3) is 0 Å². The molecule has 0 aromatic rings. The highest BCUT2D eigenvalue weighted by Crippen LogP contribution is 1.57. The molecule has 11 heavy (non-hydrogen) atoms. The van der Waals surface area contributed by atoms with E-state index in [4.69, 9.17) is 5.11 Å². The Labute approximate surface area is 69.8 Å². The molecule has 0 fully saturated rings. The third-order valence-electron chi connectivity index (χ3n) is 0.426. The Morgan fingerprint density at radius 2 is 1.73 bits per heavy atom. The summed E-state index contributed by atoms with van der Waals surface area (Å²) in [4.78, 5) is 9.98. The minimum absolute atomic E-state index is 0.178. The van der Waals surface area contributed by atoms with Crippen LogP contribution in [0.2, 0.25) is 0 Å². The van der Waals surface area contributed by atoms with Crippen LogP contribution >= 0.6 is 0 Å². The number of carbonyl (C=O) groups excluding carboxylic acids is 1. The van der Waals surface area contributed by atoms with Crippen molar-refractivity contribution >= 4 is 5.78 Å². The Bertz CT molecular complexity index is 65.1. The molecule has 0 amide bonds. The molecule has 0 aliphatic carbocycles. The Morgan fingerprint density at radius 1 is 1.45 bits per heavy atom. The molecule has 0 rings (SSSR count). The average molecular weight is 163 g/mol. The first-order valence-corrected chi connectivity index (χ1v) is 3.93. The monoisotopic (exact) mass is 163 g/mol. The molecule has 0 spiro atoms. The van der Waals surface area contributed by atoms with Crippen molar-refractivity contribution in [2.45, 2.75) is 27.7 Å². The van der Waals surface area contributed by atoms with Gasteiger partial charge in [-0.05, 0) is 20.9 Å². The number of hydrogen-bond acceptors (Lipinski definition) is 3. The van der Waals surface area contributed by atoms with Crippen molar-refractivity contribution < 1.29 is 9.90 Å². The number of carbonyl (C=O) groups is 1. The fourth-order valence-corrected chi connectivity index (χ4v) is 0.249. The summed E-state index contributed by atoms with van der Waals surface area (Å²) in [6.07, 6.45) is 0. The van der Waals surface area contributed by atoms with Crippen molar-refractivity contribution in [2.75, 3.05) is 20.2 Å². The number of aliphatic hydroxyl groups is 1. The molecule has 0 saturated carbocycles. The molecule has 0 aliphatic rings. The van der Waals surface area contributed by atoms with E-state index in [-0.39, 0.29) is 12.4 Å². The second kappa shape index (κ2) is 22.6. The highest BCUT2D eigenvalue weighted by molar-refractivity contribution is 5.77. The summed E-state index contributed by atoms with van der Waals surface area (Å²) in [5.74, 6) is 0.178. The van der Waals surface area contributed by atoms with Gasteiger partial charge in [-0.15, -0.1) is 0 Å². The summed E-state index contributed by atoms with van der Waals surface area (Å²) in [6.45, 7) is 7.97.